The number of thiol groups is 1. The highest BCUT2D eigenvalue weighted by Crippen LogP contribution is 2.43. The van der Waals surface area contributed by atoms with E-state index < -0.39 is 19.8 Å². The first-order valence-corrected chi connectivity index (χ1v) is 55.5. The fourth-order valence-electron chi connectivity index (χ4n) is 15.4. The Hall–Kier alpha value is -5.02. The lowest BCUT2D eigenvalue weighted by molar-refractivity contribution is -0.157. The van der Waals surface area contributed by atoms with Gasteiger partial charge < -0.3 is 78.7 Å². The number of carbonyl (C=O) groups is 5. The van der Waals surface area contributed by atoms with Gasteiger partial charge >= 0.3 is 14.2 Å². The van der Waals surface area contributed by atoms with Gasteiger partial charge in [0.1, 0.15) is 40.1 Å². The molecule has 0 saturated heterocycles. The molecule has 6 aliphatic rings. The number of hydrogen-bond donors (Lipinski definition) is 4. The smallest absolute Gasteiger partial charge is 0.344 e. The number of rotatable bonds is 21. The fraction of sp³-hybridized carbons (Fsp3) is 0.459. The maximum absolute atomic E-state index is 12.8. The van der Waals surface area contributed by atoms with Gasteiger partial charge in [0.25, 0.3) is 24.2 Å². The number of hydrogen-bond acceptors (Lipinski definition) is 22. The number of nitrogens with zero attached hydrogens (tertiary/aromatic N) is 6. The van der Waals surface area contributed by atoms with E-state index in [2.05, 4.69) is 270 Å². The lowest BCUT2D eigenvalue weighted by Gasteiger charge is -2.44. The Kier molecular flexibility index (Phi) is 57.7. The molecule has 38 heteroatoms. The zero-order valence-electron chi connectivity index (χ0n) is 78.6. The Morgan fingerprint density at radius 2 is 0.919 bits per heavy atom. The van der Waals surface area contributed by atoms with E-state index in [4.69, 9.17) is 94.1 Å². The first-order chi connectivity index (χ1) is 64.4. The molecule has 0 bridgehead atoms. The molecule has 8 aromatic rings. The molecule has 0 spiro atoms. The van der Waals surface area contributed by atoms with Gasteiger partial charge in [-0.2, -0.15) is 21.0 Å². The highest BCUT2D eigenvalue weighted by Gasteiger charge is 2.41. The number of benzene rings is 8. The molecule has 2 aliphatic heterocycles. The van der Waals surface area contributed by atoms with Crippen LogP contribution in [0.4, 0.5) is 11.4 Å². The van der Waals surface area contributed by atoms with Crippen molar-refractivity contribution in [1.82, 2.24) is 24.9 Å². The van der Waals surface area contributed by atoms with Crippen LogP contribution < -0.4 is 44.5 Å². The molecule has 14 rings (SSSR count). The summed E-state index contributed by atoms with van der Waals surface area (Å²) in [7, 11) is 21.6. The van der Waals surface area contributed by atoms with Crippen molar-refractivity contribution in [1.29, 1.82) is 0 Å². The third-order valence-electron chi connectivity index (χ3n) is 21.5. The Balaban J connectivity index is 0.000000279. The number of alkyl halides is 1. The van der Waals surface area contributed by atoms with Gasteiger partial charge in [-0.3, -0.25) is 19.2 Å². The maximum atomic E-state index is 12.8. The number of amides is 3. The van der Waals surface area contributed by atoms with Crippen molar-refractivity contribution in [3.8, 4) is 34.5 Å². The molecule has 750 valence electrons. The van der Waals surface area contributed by atoms with Gasteiger partial charge in [0.15, 0.2) is 26.4 Å². The second kappa shape index (κ2) is 64.6. The average Bonchev–Trinajstić information content (AvgIpc) is 0.775. The van der Waals surface area contributed by atoms with Crippen molar-refractivity contribution < 1.29 is 70.7 Å². The largest absolute Gasteiger partial charge is 0.506 e. The number of aromatic hydroxyl groups is 1. The van der Waals surface area contributed by atoms with Crippen LogP contribution in [0.3, 0.4) is 0 Å². The number of phenolic OH excluding ortho intramolecular Hbond substituents is 1. The number of phenols is 1. The van der Waals surface area contributed by atoms with Gasteiger partial charge in [-0.05, 0) is 249 Å². The molecule has 136 heavy (non-hydrogen) atoms. The van der Waals surface area contributed by atoms with Crippen LogP contribution in [0.25, 0.3) is 0 Å². The molecule has 0 unspecified atom stereocenters. The van der Waals surface area contributed by atoms with Crippen molar-refractivity contribution in [3.05, 3.63) is 223 Å². The third-order valence-corrected chi connectivity index (χ3v) is 26.6. The van der Waals surface area contributed by atoms with Gasteiger partial charge in [0, 0.05) is 102 Å². The molecule has 2 heterocycles. The highest BCUT2D eigenvalue weighted by molar-refractivity contribution is 9.11. The number of carbonyl (C=O) groups excluding carboxylic acids is 5. The lowest BCUT2D eigenvalue weighted by atomic mass is 9.87. The highest BCUT2D eigenvalue weighted by atomic mass is 79.9. The number of likely N-dealkylation sites (N-methyl/N-ethyl adjacent to an activating group) is 4. The molecule has 4 saturated carbocycles. The Morgan fingerprint density at radius 1 is 0.537 bits per heavy atom. The monoisotopic (exact) mass is 2430 g/mol. The predicted molar refractivity (Wildman–Crippen MR) is 581 cm³/mol. The standard InChI is InChI=1S/C23H28N2O2S.C16H22BrClN2O2.C16H21BrN2O2.C12H14BrClO3.C8H6BrClO3.C8H18N2.C7H8S.C6H4BrClO.C2H5Br.Cl2O2S/c1-24(2)19-10-6-7-11-20(19)25-21-13-12-18(14-22(21)27-15-23(25)26)28-16-17-8-4-3-5-9-17;1-20(2)14-6-4-3-5-13(14)19-16(21)10-22-15-8-7-11(17)9-12(15)18;1-18(2)12-5-3-4-6-13(12)19-14-8-7-11(17)9-15(14)21-10-16(19)20;1-12(2,3)17-11(15)7-16-10-5-4-8(13)6-9(10)14;9-6-1-2-8(7(10)3-6)13-5-12-4-11;1-10(2)8-6-4-3-5-7(8)9;8-6-7-4-2-1-3-5-7;7-4-1-2-6(9)5(8)3-4;1-2-3;1-5(2,3)4/h3-5,8-9,12-14,19-20H,6-7,10-11,15-16H2,1-2H3;7-9,13-14H,3-6,10H2,1-2H3,(H,19,21);7-9,12-13H,3-6,10H2,1-2H3;4-6H,7H2,1-3H3;1-4H,5H2;7-8H,3-6,9H2,1-2H3;1-5,8H,6H2;1-3,9H;2H2,1H3;/t19-,20-;13-,14-;12-,13-;;;7-,8-;;;;/m000..0..../s1. The molecule has 8 aromatic carbocycles. The molecule has 4 N–H and O–H groups in total. The molecule has 4 aliphatic carbocycles. The van der Waals surface area contributed by atoms with Crippen molar-refractivity contribution >= 4 is 238 Å². The fourth-order valence-corrected chi connectivity index (χ4v) is 19.7. The van der Waals surface area contributed by atoms with E-state index in [9.17, 15) is 24.0 Å². The van der Waals surface area contributed by atoms with Crippen LogP contribution in [0.2, 0.25) is 20.1 Å². The predicted octanol–water partition coefficient (Wildman–Crippen LogP) is 25.4. The Bertz CT molecular complexity index is 5080. The number of nitrogens with two attached hydrogens (primary N) is 1. The molecular formula is C98H126Br6Cl6N8O15S3. The van der Waals surface area contributed by atoms with Crippen LogP contribution in [-0.4, -0.2) is 212 Å². The van der Waals surface area contributed by atoms with E-state index in [0.717, 1.165) is 107 Å². The third kappa shape index (κ3) is 46.1. The number of nitrogens with one attached hydrogen (secondary N) is 1. The van der Waals surface area contributed by atoms with Gasteiger partial charge in [0.2, 0.25) is 6.79 Å². The lowest BCUT2D eigenvalue weighted by Crippen LogP contribution is -2.55. The van der Waals surface area contributed by atoms with E-state index >= 15 is 0 Å². The minimum Gasteiger partial charge on any atom is -0.506 e. The van der Waals surface area contributed by atoms with E-state index in [1.807, 2.05) is 65.3 Å². The summed E-state index contributed by atoms with van der Waals surface area (Å²) in [5, 5.41) is 14.8. The SMILES string of the molecule is CC(C)(C)OC(=O)COc1ccc(Br)cc1Cl.CCBr.CN(C)[C@H]1CCCC[C@@H]1N.CN(C)[C@H]1CCCC[C@@H]1N1C(=O)COc2cc(Br)ccc21.CN(C)[C@H]1CCCC[C@@H]1N1C(=O)COc2cc(SCc3ccccc3)ccc21.CN(C)[C@H]1CCCC[C@@H]1NC(=O)COc1ccc(Br)cc1Cl.O=COCOc1ccc(Br)cc1Cl.O=S(=O)(Cl)Cl.Oc1ccc(Br)cc1Cl.SCc1ccccc1. The van der Waals surface area contributed by atoms with E-state index in [-0.39, 0.29) is 74.8 Å². The quantitative estimate of drug-likeness (QED) is 0.00761. The van der Waals surface area contributed by atoms with Gasteiger partial charge in [-0.15, -0.1) is 11.8 Å². The molecule has 8 atom stereocenters. The zero-order valence-corrected chi connectivity index (χ0v) is 95.1. The van der Waals surface area contributed by atoms with E-state index in [1.165, 1.54) is 79.9 Å². The van der Waals surface area contributed by atoms with Gasteiger partial charge in [-0.1, -0.05) is 261 Å². The van der Waals surface area contributed by atoms with Crippen molar-refractivity contribution in [2.45, 2.75) is 201 Å². The topological polar surface area (TPSA) is 262 Å². The second-order valence-corrected chi connectivity index (χ2v) is 46.0. The number of anilines is 2. The second-order valence-electron chi connectivity index (χ2n) is 33.7. The number of thioether (sulfide) groups is 1. The number of esters is 1. The number of halogens is 12. The summed E-state index contributed by atoms with van der Waals surface area (Å²) in [5.41, 5.74) is 9.85. The van der Waals surface area contributed by atoms with Crippen LogP contribution in [0.15, 0.2) is 197 Å². The van der Waals surface area contributed by atoms with E-state index in [0.29, 0.717) is 74.0 Å². The average molecular weight is 2440 g/mol. The molecule has 4 fully saturated rings. The summed E-state index contributed by atoms with van der Waals surface area (Å²) in [5.74, 6) is 4.59. The first-order valence-electron chi connectivity index (χ1n) is 44.2. The minimum atomic E-state index is -3.72. The van der Waals surface area contributed by atoms with Crippen molar-refractivity contribution in [2.24, 2.45) is 5.73 Å². The molecule has 0 radical (unpaired) electrons. The summed E-state index contributed by atoms with van der Waals surface area (Å²) in [6.45, 7) is 7.73. The van der Waals surface area contributed by atoms with Crippen LogP contribution in [0.1, 0.15) is 142 Å². The summed E-state index contributed by atoms with van der Waals surface area (Å²) >= 11 is 49.0. The van der Waals surface area contributed by atoms with Gasteiger partial charge in [-0.25, -0.2) is 4.79 Å². The summed E-state index contributed by atoms with van der Waals surface area (Å²) in [6.07, 6.45) is 19.0. The van der Waals surface area contributed by atoms with Gasteiger partial charge in [0.05, 0.1) is 43.5 Å². The van der Waals surface area contributed by atoms with Crippen LogP contribution in [0.5, 0.6) is 34.5 Å². The Morgan fingerprint density at radius 3 is 1.33 bits per heavy atom. The molecule has 0 aromatic heterocycles. The molecule has 3 amide bonds. The normalized spacial score (nSPS) is 18.6. The number of ether oxygens (including phenoxy) is 7. The zero-order chi connectivity index (χ0) is 101. The van der Waals surface area contributed by atoms with Crippen molar-refractivity contribution in [3.63, 3.8) is 0 Å². The van der Waals surface area contributed by atoms with Crippen molar-refractivity contribution in [2.75, 3.05) is 105 Å². The summed E-state index contributed by atoms with van der Waals surface area (Å²) in [4.78, 5) is 72.8. The molecular weight excluding hydrogens is 2320 g/mol. The van der Waals surface area contributed by atoms with Crippen LogP contribution >= 0.6 is 188 Å². The molecule has 23 nitrogen and oxygen atoms in total. The van der Waals surface area contributed by atoms with Crippen LogP contribution in [0, 0.1) is 0 Å². The van der Waals surface area contributed by atoms with E-state index in [1.54, 1.807) is 93.2 Å². The maximum Gasteiger partial charge on any atom is 0.344 e. The first kappa shape index (κ1) is 121. The number of fused-ring (bicyclic) bond motifs is 2. The summed E-state index contributed by atoms with van der Waals surface area (Å²) < 4.78 is 59.5. The minimum absolute atomic E-state index is 0.0159. The van der Waals surface area contributed by atoms with Crippen LogP contribution in [-0.2, 0) is 53.2 Å². The summed E-state index contributed by atoms with van der Waals surface area (Å²) in [6, 6.07) is 56.3. The Labute approximate surface area is 893 Å².